The van der Waals surface area contributed by atoms with E-state index in [1.165, 1.54) is 30.5 Å². The van der Waals surface area contributed by atoms with Crippen LogP contribution in [0.25, 0.3) is 0 Å². The maximum atomic E-state index is 4.59. The third-order valence-electron chi connectivity index (χ3n) is 2.73. The van der Waals surface area contributed by atoms with Crippen molar-refractivity contribution in [3.8, 4) is 0 Å². The summed E-state index contributed by atoms with van der Waals surface area (Å²) in [7, 11) is 1.80. The minimum absolute atomic E-state index is 0.459. The number of fused-ring (bicyclic) bond motifs is 1. The van der Waals surface area contributed by atoms with Crippen molar-refractivity contribution in [2.45, 2.75) is 39.2 Å². The standard InChI is InChI=1S/C11H17N3/c1-8(2)14-11-6-4-5-9(11)10(13-14)7-12-3/h7-8H,4-6H2,1-3H3/b12-7+. The second-order valence-corrected chi connectivity index (χ2v) is 4.09. The second kappa shape index (κ2) is 3.56. The smallest absolute Gasteiger partial charge is 0.106 e. The van der Waals surface area contributed by atoms with E-state index in [-0.39, 0.29) is 0 Å². The highest BCUT2D eigenvalue weighted by atomic mass is 15.3. The highest BCUT2D eigenvalue weighted by Crippen LogP contribution is 2.26. The summed E-state index contributed by atoms with van der Waals surface area (Å²) in [6.45, 7) is 4.36. The van der Waals surface area contributed by atoms with E-state index in [0.29, 0.717) is 6.04 Å². The molecule has 0 amide bonds. The van der Waals surface area contributed by atoms with E-state index in [2.05, 4.69) is 28.6 Å². The quantitative estimate of drug-likeness (QED) is 0.658. The highest BCUT2D eigenvalue weighted by molar-refractivity contribution is 5.79. The fraction of sp³-hybridized carbons (Fsp3) is 0.636. The van der Waals surface area contributed by atoms with Crippen LogP contribution in [0.4, 0.5) is 0 Å². The number of hydrogen-bond acceptors (Lipinski definition) is 2. The van der Waals surface area contributed by atoms with Gasteiger partial charge in [-0.1, -0.05) is 0 Å². The third kappa shape index (κ3) is 1.37. The van der Waals surface area contributed by atoms with Crippen LogP contribution in [0.2, 0.25) is 0 Å². The first-order chi connectivity index (χ1) is 6.74. The van der Waals surface area contributed by atoms with Crippen molar-refractivity contribution in [3.63, 3.8) is 0 Å². The molecular weight excluding hydrogens is 174 g/mol. The van der Waals surface area contributed by atoms with Crippen molar-refractivity contribution in [1.82, 2.24) is 9.78 Å². The van der Waals surface area contributed by atoms with Gasteiger partial charge in [-0.2, -0.15) is 5.10 Å². The molecule has 0 spiro atoms. The van der Waals surface area contributed by atoms with Crippen molar-refractivity contribution >= 4 is 6.21 Å². The Hall–Kier alpha value is -1.12. The Morgan fingerprint density at radius 1 is 1.43 bits per heavy atom. The number of rotatable bonds is 2. The molecule has 76 valence electrons. The summed E-state index contributed by atoms with van der Waals surface area (Å²) in [6, 6.07) is 0.459. The molecule has 0 aliphatic heterocycles. The van der Waals surface area contributed by atoms with Crippen LogP contribution in [-0.2, 0) is 12.8 Å². The van der Waals surface area contributed by atoms with Gasteiger partial charge in [0.15, 0.2) is 0 Å². The Bertz CT molecular complexity index is 361. The van der Waals surface area contributed by atoms with E-state index in [1.54, 1.807) is 7.05 Å². The first-order valence-corrected chi connectivity index (χ1v) is 5.26. The topological polar surface area (TPSA) is 30.2 Å². The number of aromatic nitrogens is 2. The van der Waals surface area contributed by atoms with Crippen molar-refractivity contribution < 1.29 is 0 Å². The first-order valence-electron chi connectivity index (χ1n) is 5.26. The van der Waals surface area contributed by atoms with Crippen LogP contribution in [0.3, 0.4) is 0 Å². The van der Waals surface area contributed by atoms with Crippen LogP contribution in [0.5, 0.6) is 0 Å². The van der Waals surface area contributed by atoms with Crippen LogP contribution in [0.15, 0.2) is 4.99 Å². The Labute approximate surface area is 84.8 Å². The van der Waals surface area contributed by atoms with Crippen molar-refractivity contribution in [2.24, 2.45) is 4.99 Å². The van der Waals surface area contributed by atoms with Gasteiger partial charge in [0.05, 0.1) is 0 Å². The molecule has 0 radical (unpaired) electrons. The lowest BCUT2D eigenvalue weighted by molar-refractivity contribution is 0.510. The molecule has 1 aromatic heterocycles. The molecule has 3 nitrogen and oxygen atoms in total. The summed E-state index contributed by atoms with van der Waals surface area (Å²) in [4.78, 5) is 4.06. The molecule has 1 aromatic rings. The Kier molecular flexibility index (Phi) is 2.40. The summed E-state index contributed by atoms with van der Waals surface area (Å²) in [5.74, 6) is 0. The Morgan fingerprint density at radius 3 is 2.86 bits per heavy atom. The van der Waals surface area contributed by atoms with Crippen LogP contribution in [-0.4, -0.2) is 23.0 Å². The van der Waals surface area contributed by atoms with E-state index >= 15 is 0 Å². The normalized spacial score (nSPS) is 15.7. The van der Waals surface area contributed by atoms with Gasteiger partial charge in [0.25, 0.3) is 0 Å². The van der Waals surface area contributed by atoms with Gasteiger partial charge in [-0.3, -0.25) is 9.67 Å². The van der Waals surface area contributed by atoms with E-state index in [1.807, 2.05) is 6.21 Å². The lowest BCUT2D eigenvalue weighted by atomic mass is 10.2. The van der Waals surface area contributed by atoms with E-state index in [0.717, 1.165) is 5.69 Å². The zero-order valence-electron chi connectivity index (χ0n) is 9.12. The van der Waals surface area contributed by atoms with Gasteiger partial charge in [-0.05, 0) is 33.1 Å². The molecule has 1 aliphatic carbocycles. The molecule has 0 bridgehead atoms. The average Bonchev–Trinajstić information content (AvgIpc) is 2.67. The Balaban J connectivity index is 2.49. The molecule has 0 aromatic carbocycles. The van der Waals surface area contributed by atoms with E-state index in [9.17, 15) is 0 Å². The predicted molar refractivity (Wildman–Crippen MR) is 58.2 cm³/mol. The summed E-state index contributed by atoms with van der Waals surface area (Å²) < 4.78 is 2.15. The summed E-state index contributed by atoms with van der Waals surface area (Å²) in [5.41, 5.74) is 3.92. The molecule has 3 heteroatoms. The maximum Gasteiger partial charge on any atom is 0.106 e. The largest absolute Gasteiger partial charge is 0.294 e. The molecule has 0 saturated heterocycles. The molecule has 0 N–H and O–H groups in total. The molecular formula is C11H17N3. The van der Waals surface area contributed by atoms with Crippen molar-refractivity contribution in [1.29, 1.82) is 0 Å². The maximum absolute atomic E-state index is 4.59. The fourth-order valence-corrected chi connectivity index (χ4v) is 2.15. The molecule has 2 rings (SSSR count). The molecule has 1 aliphatic rings. The van der Waals surface area contributed by atoms with Crippen LogP contribution < -0.4 is 0 Å². The van der Waals surface area contributed by atoms with Gasteiger partial charge in [-0.15, -0.1) is 0 Å². The van der Waals surface area contributed by atoms with E-state index in [4.69, 9.17) is 0 Å². The van der Waals surface area contributed by atoms with Crippen LogP contribution in [0, 0.1) is 0 Å². The SMILES string of the molecule is C/N=C/c1nn(C(C)C)c2c1CCC2. The van der Waals surface area contributed by atoms with Gasteiger partial charge in [0, 0.05) is 30.6 Å². The number of nitrogens with zero attached hydrogens (tertiary/aromatic N) is 3. The van der Waals surface area contributed by atoms with Crippen molar-refractivity contribution in [3.05, 3.63) is 17.0 Å². The lowest BCUT2D eigenvalue weighted by Gasteiger charge is -2.08. The number of aliphatic imine (C=N–C) groups is 1. The van der Waals surface area contributed by atoms with Crippen LogP contribution in [0.1, 0.15) is 43.3 Å². The molecule has 0 atom stereocenters. The average molecular weight is 191 g/mol. The van der Waals surface area contributed by atoms with Gasteiger partial charge in [0.2, 0.25) is 0 Å². The lowest BCUT2D eigenvalue weighted by Crippen LogP contribution is -2.06. The summed E-state index contributed by atoms with van der Waals surface area (Å²) in [6.07, 6.45) is 5.50. The van der Waals surface area contributed by atoms with Gasteiger partial charge < -0.3 is 0 Å². The monoisotopic (exact) mass is 191 g/mol. The second-order valence-electron chi connectivity index (χ2n) is 4.09. The summed E-state index contributed by atoms with van der Waals surface area (Å²) >= 11 is 0. The highest BCUT2D eigenvalue weighted by Gasteiger charge is 2.22. The van der Waals surface area contributed by atoms with Gasteiger partial charge in [0.1, 0.15) is 5.69 Å². The summed E-state index contributed by atoms with van der Waals surface area (Å²) in [5, 5.41) is 4.59. The number of hydrogen-bond donors (Lipinski definition) is 0. The molecule has 14 heavy (non-hydrogen) atoms. The Morgan fingerprint density at radius 2 is 2.21 bits per heavy atom. The van der Waals surface area contributed by atoms with Crippen molar-refractivity contribution in [2.75, 3.05) is 7.05 Å². The van der Waals surface area contributed by atoms with E-state index < -0.39 is 0 Å². The van der Waals surface area contributed by atoms with Crippen LogP contribution >= 0.6 is 0 Å². The van der Waals surface area contributed by atoms with Gasteiger partial charge >= 0.3 is 0 Å². The molecule has 1 heterocycles. The molecule has 0 fully saturated rings. The minimum Gasteiger partial charge on any atom is -0.294 e. The zero-order valence-corrected chi connectivity index (χ0v) is 9.12. The van der Waals surface area contributed by atoms with Gasteiger partial charge in [-0.25, -0.2) is 0 Å². The fourth-order valence-electron chi connectivity index (χ4n) is 2.15. The predicted octanol–water partition coefficient (Wildman–Crippen LogP) is 2.00. The molecule has 0 unspecified atom stereocenters. The zero-order chi connectivity index (χ0) is 10.1. The molecule has 0 saturated carbocycles. The minimum atomic E-state index is 0.459. The third-order valence-corrected chi connectivity index (χ3v) is 2.73. The first kappa shape index (κ1) is 9.44.